The number of hydrogen-bond donors (Lipinski definition) is 0. The molecule has 0 saturated heterocycles. The molecule has 0 radical (unpaired) electrons. The maximum atomic E-state index is 2.28. The van der Waals surface area contributed by atoms with Crippen LogP contribution in [0.2, 0.25) is 0 Å². The Labute approximate surface area is 79.4 Å². The molecule has 0 aliphatic heterocycles. The van der Waals surface area contributed by atoms with E-state index in [1.54, 1.807) is 0 Å². The summed E-state index contributed by atoms with van der Waals surface area (Å²) in [7, 11) is 0. The Balaban J connectivity index is 0.000000750. The predicted octanol–water partition coefficient (Wildman–Crippen LogP) is 3.41. The van der Waals surface area contributed by atoms with Crippen molar-refractivity contribution >= 4 is 6.08 Å². The molecule has 0 heterocycles. The summed E-state index contributed by atoms with van der Waals surface area (Å²) in [5.74, 6) is 0.515. The van der Waals surface area contributed by atoms with Crippen LogP contribution in [0, 0.1) is 0 Å². The zero-order valence-corrected chi connectivity index (χ0v) is 7.27. The smallest absolute Gasteiger partial charge is 0.0726 e. The standard InChI is InChI=1S/C13H10/c1-3-7-12-10(5-1)9-11-6-2-4-8-13(11)12/h1-9,12H/p+1. The number of allylic oxidation sites excluding steroid dienone is 5. The molecular formula is C13H11+. The van der Waals surface area contributed by atoms with Crippen LogP contribution in [0.1, 0.15) is 18.5 Å². The fourth-order valence-corrected chi connectivity index (χ4v) is 2.08. The first kappa shape index (κ1) is 6.90. The number of fused-ring (bicyclic) bond motifs is 3. The van der Waals surface area contributed by atoms with Crippen LogP contribution in [0.4, 0.5) is 0 Å². The second-order valence-corrected chi connectivity index (χ2v) is 3.49. The van der Waals surface area contributed by atoms with Crippen molar-refractivity contribution in [1.82, 2.24) is 0 Å². The van der Waals surface area contributed by atoms with Gasteiger partial charge in [0.25, 0.3) is 0 Å². The predicted molar refractivity (Wildman–Crippen MR) is 56.6 cm³/mol. The van der Waals surface area contributed by atoms with Crippen molar-refractivity contribution in [3.63, 3.8) is 0 Å². The van der Waals surface area contributed by atoms with Crippen LogP contribution < -0.4 is 0 Å². The first-order valence-corrected chi connectivity index (χ1v) is 4.60. The summed E-state index contributed by atoms with van der Waals surface area (Å²) >= 11 is 0. The summed E-state index contributed by atoms with van der Waals surface area (Å²) in [4.78, 5) is 0. The molecule has 1 aromatic carbocycles. The summed E-state index contributed by atoms with van der Waals surface area (Å²) in [5, 5.41) is 0. The van der Waals surface area contributed by atoms with E-state index >= 15 is 0 Å². The van der Waals surface area contributed by atoms with Crippen LogP contribution in [0.5, 0.6) is 0 Å². The average Bonchev–Trinajstić information content (AvgIpc) is 2.56. The van der Waals surface area contributed by atoms with E-state index in [-0.39, 0.29) is 1.43 Å². The molecule has 2 aliphatic rings. The van der Waals surface area contributed by atoms with Crippen LogP contribution in [0.25, 0.3) is 6.08 Å². The van der Waals surface area contributed by atoms with Gasteiger partial charge in [0.15, 0.2) is 0 Å². The molecule has 0 bridgehead atoms. The lowest BCUT2D eigenvalue weighted by atomic mass is 9.93. The largest absolute Gasteiger partial charge is 1.00 e. The van der Waals surface area contributed by atoms with Gasteiger partial charge >= 0.3 is 1.43 Å². The van der Waals surface area contributed by atoms with E-state index in [9.17, 15) is 0 Å². The SMILES string of the molecule is C1=CC2=Cc3ccccc3C2C=C1.[H+]. The molecule has 3 rings (SSSR count). The van der Waals surface area contributed by atoms with Crippen molar-refractivity contribution in [3.8, 4) is 0 Å². The molecule has 0 amide bonds. The van der Waals surface area contributed by atoms with Gasteiger partial charge in [-0.05, 0) is 16.7 Å². The summed E-state index contributed by atoms with van der Waals surface area (Å²) in [5.41, 5.74) is 4.24. The van der Waals surface area contributed by atoms with Gasteiger partial charge in [-0.15, -0.1) is 0 Å². The highest BCUT2D eigenvalue weighted by Crippen LogP contribution is 2.39. The van der Waals surface area contributed by atoms with Gasteiger partial charge in [0, 0.05) is 5.92 Å². The van der Waals surface area contributed by atoms with E-state index in [0.717, 1.165) is 0 Å². The quantitative estimate of drug-likeness (QED) is 0.555. The Morgan fingerprint density at radius 3 is 3.00 bits per heavy atom. The molecule has 0 aromatic heterocycles. The number of rotatable bonds is 0. The molecule has 1 atom stereocenters. The molecule has 0 fully saturated rings. The summed E-state index contributed by atoms with van der Waals surface area (Å²) in [6.07, 6.45) is 11.0. The second-order valence-electron chi connectivity index (χ2n) is 3.49. The summed E-state index contributed by atoms with van der Waals surface area (Å²) in [6.45, 7) is 0. The van der Waals surface area contributed by atoms with Gasteiger partial charge in [0.2, 0.25) is 0 Å². The molecular weight excluding hydrogens is 156 g/mol. The molecule has 1 aromatic rings. The van der Waals surface area contributed by atoms with Gasteiger partial charge in [-0.1, -0.05) is 54.6 Å². The fourth-order valence-electron chi connectivity index (χ4n) is 2.08. The van der Waals surface area contributed by atoms with Gasteiger partial charge in [-0.2, -0.15) is 0 Å². The lowest BCUT2D eigenvalue weighted by Gasteiger charge is -2.11. The van der Waals surface area contributed by atoms with Crippen molar-refractivity contribution in [2.45, 2.75) is 5.92 Å². The van der Waals surface area contributed by atoms with E-state index < -0.39 is 0 Å². The average molecular weight is 167 g/mol. The van der Waals surface area contributed by atoms with Crippen molar-refractivity contribution < 1.29 is 1.43 Å². The first-order chi connectivity index (χ1) is 6.45. The van der Waals surface area contributed by atoms with Gasteiger partial charge in [0.1, 0.15) is 0 Å². The third kappa shape index (κ3) is 0.919. The minimum atomic E-state index is 0. The Morgan fingerprint density at radius 1 is 1.08 bits per heavy atom. The third-order valence-corrected chi connectivity index (χ3v) is 2.72. The van der Waals surface area contributed by atoms with E-state index in [0.29, 0.717) is 5.92 Å². The van der Waals surface area contributed by atoms with Gasteiger partial charge in [0.05, 0.1) is 0 Å². The molecule has 0 spiro atoms. The highest BCUT2D eigenvalue weighted by molar-refractivity contribution is 5.71. The number of hydrogen-bond acceptors (Lipinski definition) is 0. The van der Waals surface area contributed by atoms with E-state index in [1.165, 1.54) is 16.7 Å². The van der Waals surface area contributed by atoms with E-state index in [4.69, 9.17) is 0 Å². The van der Waals surface area contributed by atoms with Crippen molar-refractivity contribution in [1.29, 1.82) is 0 Å². The lowest BCUT2D eigenvalue weighted by molar-refractivity contribution is 1.05. The minimum Gasteiger partial charge on any atom is -0.0726 e. The van der Waals surface area contributed by atoms with Gasteiger partial charge < -0.3 is 0 Å². The summed E-state index contributed by atoms with van der Waals surface area (Å²) < 4.78 is 0. The Kier molecular flexibility index (Phi) is 1.31. The molecule has 62 valence electrons. The fraction of sp³-hybridized carbons (Fsp3) is 0.0769. The highest BCUT2D eigenvalue weighted by Gasteiger charge is 2.21. The lowest BCUT2D eigenvalue weighted by Crippen LogP contribution is -1.95. The third-order valence-electron chi connectivity index (χ3n) is 2.72. The first-order valence-electron chi connectivity index (χ1n) is 4.60. The zero-order chi connectivity index (χ0) is 8.67. The normalized spacial score (nSPS) is 22.5. The van der Waals surface area contributed by atoms with Crippen LogP contribution in [-0.2, 0) is 0 Å². The zero-order valence-electron chi connectivity index (χ0n) is 8.27. The molecule has 0 saturated carbocycles. The highest BCUT2D eigenvalue weighted by atomic mass is 14.2. The number of benzene rings is 1. The maximum absolute atomic E-state index is 2.28. The van der Waals surface area contributed by atoms with Gasteiger partial charge in [-0.25, -0.2) is 0 Å². The Bertz CT molecular complexity index is 438. The van der Waals surface area contributed by atoms with Crippen molar-refractivity contribution in [2.24, 2.45) is 0 Å². The van der Waals surface area contributed by atoms with Crippen LogP contribution in [0.3, 0.4) is 0 Å². The molecule has 0 heteroatoms. The minimum absolute atomic E-state index is 0. The van der Waals surface area contributed by atoms with Crippen LogP contribution >= 0.6 is 0 Å². The monoisotopic (exact) mass is 167 g/mol. The summed E-state index contributed by atoms with van der Waals surface area (Å²) in [6, 6.07) is 8.61. The second kappa shape index (κ2) is 2.46. The molecule has 0 nitrogen and oxygen atoms in total. The molecule has 2 aliphatic carbocycles. The van der Waals surface area contributed by atoms with Gasteiger partial charge in [-0.3, -0.25) is 0 Å². The van der Waals surface area contributed by atoms with Crippen LogP contribution in [0.15, 0.2) is 54.1 Å². The molecule has 1 unspecified atom stereocenters. The van der Waals surface area contributed by atoms with Crippen molar-refractivity contribution in [2.75, 3.05) is 0 Å². The maximum Gasteiger partial charge on any atom is 1.00 e. The van der Waals surface area contributed by atoms with E-state index in [1.807, 2.05) is 0 Å². The Hall–Kier alpha value is -1.56. The Morgan fingerprint density at radius 2 is 2.00 bits per heavy atom. The van der Waals surface area contributed by atoms with Crippen molar-refractivity contribution in [3.05, 3.63) is 65.3 Å². The van der Waals surface area contributed by atoms with E-state index in [2.05, 4.69) is 54.6 Å². The topological polar surface area (TPSA) is 0 Å². The van der Waals surface area contributed by atoms with Crippen LogP contribution in [-0.4, -0.2) is 0 Å². The molecule has 0 N–H and O–H groups in total. The molecule has 13 heavy (non-hydrogen) atoms.